The van der Waals surface area contributed by atoms with Crippen LogP contribution in [0.1, 0.15) is 13.8 Å². The van der Waals surface area contributed by atoms with Crippen LogP contribution in [0, 0.1) is 0 Å². The summed E-state index contributed by atoms with van der Waals surface area (Å²) in [4.78, 5) is 13.5. The van der Waals surface area contributed by atoms with Crippen LogP contribution in [-0.4, -0.2) is 46.9 Å². The topological polar surface area (TPSA) is 113 Å². The van der Waals surface area contributed by atoms with Gasteiger partial charge in [-0.05, 0) is 26.0 Å². The lowest BCUT2D eigenvalue weighted by atomic mass is 10.1. The second-order valence-electron chi connectivity index (χ2n) is 7.92. The average molecular weight is 415 g/mol. The van der Waals surface area contributed by atoms with Crippen molar-refractivity contribution < 1.29 is 9.84 Å². The van der Waals surface area contributed by atoms with E-state index < -0.39 is 5.60 Å². The van der Waals surface area contributed by atoms with Gasteiger partial charge < -0.3 is 19.6 Å². The van der Waals surface area contributed by atoms with Crippen LogP contribution in [0.5, 0.6) is 5.88 Å². The van der Waals surface area contributed by atoms with Crippen molar-refractivity contribution in [2.75, 3.05) is 11.9 Å². The summed E-state index contributed by atoms with van der Waals surface area (Å²) >= 11 is 0. The molecule has 0 amide bonds. The third kappa shape index (κ3) is 4.03. The van der Waals surface area contributed by atoms with E-state index >= 15 is 0 Å². The molecule has 0 unspecified atom stereocenters. The van der Waals surface area contributed by atoms with Gasteiger partial charge in [0.15, 0.2) is 11.5 Å². The highest BCUT2D eigenvalue weighted by Crippen LogP contribution is 2.26. The zero-order chi connectivity index (χ0) is 21.4. The largest absolute Gasteiger partial charge is 0.475 e. The van der Waals surface area contributed by atoms with Crippen LogP contribution in [0.25, 0.3) is 27.8 Å². The van der Waals surface area contributed by atoms with E-state index in [1.165, 1.54) is 0 Å². The zero-order valence-electron chi connectivity index (χ0n) is 17.1. The van der Waals surface area contributed by atoms with Crippen LogP contribution in [0.3, 0.4) is 0 Å². The number of aliphatic hydroxyl groups is 1. The summed E-state index contributed by atoms with van der Waals surface area (Å²) in [6.45, 7) is 3.52. The monoisotopic (exact) mass is 415 g/mol. The van der Waals surface area contributed by atoms with Gasteiger partial charge in [-0.25, -0.2) is 15.0 Å². The molecule has 0 saturated heterocycles. The Morgan fingerprint density at radius 1 is 1.16 bits per heavy atom. The maximum Gasteiger partial charge on any atom is 0.213 e. The molecule has 0 aliphatic rings. The molecular weight excluding hydrogens is 394 g/mol. The number of nitrogens with one attached hydrogen (secondary N) is 2. The summed E-state index contributed by atoms with van der Waals surface area (Å²) in [6, 6.07) is 9.64. The molecule has 0 spiro atoms. The summed E-state index contributed by atoms with van der Waals surface area (Å²) < 4.78 is 7.44. The molecule has 4 aromatic heterocycles. The molecule has 5 aromatic rings. The fourth-order valence-corrected chi connectivity index (χ4v) is 3.18. The first kappa shape index (κ1) is 19.0. The minimum Gasteiger partial charge on any atom is -0.475 e. The number of ether oxygens (including phenoxy) is 1. The molecule has 9 nitrogen and oxygen atoms in total. The first-order chi connectivity index (χ1) is 14.9. The Morgan fingerprint density at radius 3 is 2.87 bits per heavy atom. The molecule has 9 heteroatoms. The number of imidazole rings is 1. The quantitative estimate of drug-likeness (QED) is 0.389. The van der Waals surface area contributed by atoms with Crippen LogP contribution in [0.15, 0.2) is 61.3 Å². The fraction of sp³-hybridized carbons (Fsp3) is 0.182. The maximum atomic E-state index is 9.79. The number of hydrogen-bond acceptors (Lipinski definition) is 7. The van der Waals surface area contributed by atoms with Crippen molar-refractivity contribution in [1.82, 2.24) is 29.5 Å². The summed E-state index contributed by atoms with van der Waals surface area (Å²) in [5.41, 5.74) is 3.23. The molecule has 1 aromatic carbocycles. The molecule has 156 valence electrons. The normalized spacial score (nSPS) is 11.8. The van der Waals surface area contributed by atoms with Crippen molar-refractivity contribution in [1.29, 1.82) is 0 Å². The van der Waals surface area contributed by atoms with Crippen molar-refractivity contribution in [3.8, 4) is 17.1 Å². The summed E-state index contributed by atoms with van der Waals surface area (Å²) in [7, 11) is 0. The lowest BCUT2D eigenvalue weighted by molar-refractivity contribution is 0.0268. The first-order valence-electron chi connectivity index (χ1n) is 9.80. The van der Waals surface area contributed by atoms with Crippen molar-refractivity contribution >= 4 is 28.1 Å². The van der Waals surface area contributed by atoms with Crippen LogP contribution >= 0.6 is 0 Å². The average Bonchev–Trinajstić information content (AvgIpc) is 3.41. The molecule has 31 heavy (non-hydrogen) atoms. The smallest absolute Gasteiger partial charge is 0.213 e. The molecule has 0 saturated carbocycles. The minimum absolute atomic E-state index is 0.158. The van der Waals surface area contributed by atoms with E-state index in [2.05, 4.69) is 25.5 Å². The Morgan fingerprint density at radius 2 is 2.06 bits per heavy atom. The van der Waals surface area contributed by atoms with Gasteiger partial charge in [-0.3, -0.25) is 5.10 Å². The van der Waals surface area contributed by atoms with Gasteiger partial charge in [0, 0.05) is 35.6 Å². The van der Waals surface area contributed by atoms with Crippen LogP contribution in [0.2, 0.25) is 0 Å². The number of nitrogens with zero attached hydrogens (tertiary/aromatic N) is 5. The summed E-state index contributed by atoms with van der Waals surface area (Å²) in [5.74, 6) is 1.05. The second kappa shape index (κ2) is 7.37. The van der Waals surface area contributed by atoms with Gasteiger partial charge in [0.25, 0.3) is 0 Å². The van der Waals surface area contributed by atoms with E-state index in [9.17, 15) is 5.11 Å². The molecule has 0 atom stereocenters. The lowest BCUT2D eigenvalue weighted by Gasteiger charge is -2.17. The number of pyridine rings is 1. The molecule has 0 aliphatic heterocycles. The molecule has 0 aliphatic carbocycles. The Kier molecular flexibility index (Phi) is 4.52. The molecule has 5 rings (SSSR count). The SMILES string of the molecule is CC(C)(O)COc1ccc(Nc2nc(-c3ccc4cn[nH]c4c3)cn3ccnc23)cn1. The van der Waals surface area contributed by atoms with Crippen molar-refractivity contribution in [2.45, 2.75) is 19.4 Å². The van der Waals surface area contributed by atoms with Crippen LogP contribution < -0.4 is 10.1 Å². The number of fused-ring (bicyclic) bond motifs is 2. The summed E-state index contributed by atoms with van der Waals surface area (Å²) in [6.07, 6.45) is 9.00. The molecule has 0 radical (unpaired) electrons. The fourth-order valence-electron chi connectivity index (χ4n) is 3.18. The summed E-state index contributed by atoms with van der Waals surface area (Å²) in [5, 5.41) is 21.2. The van der Waals surface area contributed by atoms with E-state index in [1.54, 1.807) is 38.5 Å². The number of rotatable bonds is 6. The van der Waals surface area contributed by atoms with Gasteiger partial charge in [0.2, 0.25) is 5.88 Å². The number of hydrogen-bond donors (Lipinski definition) is 3. The zero-order valence-corrected chi connectivity index (χ0v) is 17.1. The Labute approximate surface area is 177 Å². The lowest BCUT2D eigenvalue weighted by Crippen LogP contribution is -2.28. The highest BCUT2D eigenvalue weighted by atomic mass is 16.5. The minimum atomic E-state index is -0.922. The van der Waals surface area contributed by atoms with Crippen molar-refractivity contribution in [2.24, 2.45) is 0 Å². The van der Waals surface area contributed by atoms with Gasteiger partial charge in [-0.1, -0.05) is 12.1 Å². The van der Waals surface area contributed by atoms with E-state index in [1.807, 2.05) is 41.1 Å². The van der Waals surface area contributed by atoms with Gasteiger partial charge >= 0.3 is 0 Å². The highest BCUT2D eigenvalue weighted by Gasteiger charge is 2.14. The molecular formula is C22H21N7O2. The van der Waals surface area contributed by atoms with Gasteiger partial charge in [0.1, 0.15) is 6.61 Å². The van der Waals surface area contributed by atoms with Gasteiger partial charge in [-0.2, -0.15) is 5.10 Å². The Hall–Kier alpha value is -3.98. The van der Waals surface area contributed by atoms with Crippen LogP contribution in [0.4, 0.5) is 11.5 Å². The Bertz CT molecular complexity index is 1350. The molecule has 0 bridgehead atoms. The highest BCUT2D eigenvalue weighted by molar-refractivity contribution is 5.83. The molecule has 3 N–H and O–H groups in total. The third-order valence-corrected chi connectivity index (χ3v) is 4.68. The van der Waals surface area contributed by atoms with Crippen LogP contribution in [-0.2, 0) is 0 Å². The molecule has 0 fully saturated rings. The first-order valence-corrected chi connectivity index (χ1v) is 9.80. The number of aromatic nitrogens is 6. The van der Waals surface area contributed by atoms with E-state index in [4.69, 9.17) is 9.72 Å². The number of aromatic amines is 1. The number of benzene rings is 1. The Balaban J connectivity index is 1.45. The molecule has 4 heterocycles. The standard InChI is InChI=1S/C22H21N7O2/c1-22(2,30)13-31-19-6-5-16(11-24-19)26-20-21-23-7-8-29(21)12-18(27-20)14-3-4-15-10-25-28-17(15)9-14/h3-12,30H,13H2,1-2H3,(H,25,28)(H,26,27). The second-order valence-corrected chi connectivity index (χ2v) is 7.92. The van der Waals surface area contributed by atoms with Crippen molar-refractivity contribution in [3.05, 3.63) is 61.3 Å². The van der Waals surface area contributed by atoms with E-state index in [0.717, 1.165) is 27.8 Å². The predicted octanol–water partition coefficient (Wildman–Crippen LogP) is 3.56. The number of anilines is 2. The van der Waals surface area contributed by atoms with E-state index in [0.29, 0.717) is 17.3 Å². The van der Waals surface area contributed by atoms with E-state index in [-0.39, 0.29) is 6.61 Å². The predicted molar refractivity (Wildman–Crippen MR) is 117 cm³/mol. The number of H-pyrrole nitrogens is 1. The van der Waals surface area contributed by atoms with Crippen molar-refractivity contribution in [3.63, 3.8) is 0 Å². The third-order valence-electron chi connectivity index (χ3n) is 4.68. The van der Waals surface area contributed by atoms with Gasteiger partial charge in [0.05, 0.1) is 34.9 Å². The maximum absolute atomic E-state index is 9.79. The van der Waals surface area contributed by atoms with Gasteiger partial charge in [-0.15, -0.1) is 0 Å².